The minimum Gasteiger partial charge on any atom is -0.495 e. The molecule has 1 nitrogen and oxygen atoms in total. The van der Waals surface area contributed by atoms with Crippen molar-refractivity contribution < 1.29 is 9.13 Å². The standard InChI is InChI=1S/C15H12BrCl2FO/c1-8-4-3-5-10(14(8)19)13(18)11-6-9(17)7-12(16)15(11)20-2/h3-7,13H,1-2H3. The maximum absolute atomic E-state index is 14.2. The fraction of sp³-hybridized carbons (Fsp3) is 0.200. The van der Waals surface area contributed by atoms with Crippen molar-refractivity contribution in [2.75, 3.05) is 7.11 Å². The van der Waals surface area contributed by atoms with E-state index in [1.165, 1.54) is 7.11 Å². The van der Waals surface area contributed by atoms with Crippen molar-refractivity contribution in [1.29, 1.82) is 0 Å². The molecule has 0 bridgehead atoms. The van der Waals surface area contributed by atoms with Crippen LogP contribution in [0.5, 0.6) is 5.75 Å². The van der Waals surface area contributed by atoms with Crippen molar-refractivity contribution in [2.45, 2.75) is 12.3 Å². The summed E-state index contributed by atoms with van der Waals surface area (Å²) in [4.78, 5) is 0. The first-order valence-electron chi connectivity index (χ1n) is 5.87. The molecule has 0 heterocycles. The molecule has 0 spiro atoms. The van der Waals surface area contributed by atoms with Gasteiger partial charge in [-0.15, -0.1) is 11.6 Å². The van der Waals surface area contributed by atoms with Crippen molar-refractivity contribution in [3.63, 3.8) is 0 Å². The van der Waals surface area contributed by atoms with Gasteiger partial charge in [0.1, 0.15) is 11.6 Å². The number of alkyl halides is 1. The quantitative estimate of drug-likeness (QED) is 0.606. The van der Waals surface area contributed by atoms with Crippen LogP contribution in [-0.2, 0) is 0 Å². The number of rotatable bonds is 3. The van der Waals surface area contributed by atoms with Gasteiger partial charge in [-0.1, -0.05) is 29.8 Å². The fourth-order valence-electron chi connectivity index (χ4n) is 2.02. The van der Waals surface area contributed by atoms with Crippen LogP contribution >= 0.6 is 39.1 Å². The van der Waals surface area contributed by atoms with Gasteiger partial charge < -0.3 is 4.74 Å². The Balaban J connectivity index is 2.58. The molecule has 0 amide bonds. The molecule has 1 atom stereocenters. The lowest BCUT2D eigenvalue weighted by molar-refractivity contribution is 0.407. The number of ether oxygens (including phenoxy) is 1. The number of benzene rings is 2. The topological polar surface area (TPSA) is 9.23 Å². The Morgan fingerprint density at radius 2 is 1.95 bits per heavy atom. The zero-order valence-electron chi connectivity index (χ0n) is 10.9. The summed E-state index contributed by atoms with van der Waals surface area (Å²) in [6, 6.07) is 8.53. The third kappa shape index (κ3) is 2.95. The monoisotopic (exact) mass is 376 g/mol. The molecule has 0 aliphatic rings. The summed E-state index contributed by atoms with van der Waals surface area (Å²) >= 11 is 15.9. The van der Waals surface area contributed by atoms with Crippen LogP contribution in [0.15, 0.2) is 34.8 Å². The second-order valence-electron chi connectivity index (χ2n) is 4.35. The zero-order chi connectivity index (χ0) is 14.9. The minimum atomic E-state index is -0.681. The number of methoxy groups -OCH3 is 1. The number of halogens is 4. The van der Waals surface area contributed by atoms with Crippen LogP contribution in [0.1, 0.15) is 22.1 Å². The van der Waals surface area contributed by atoms with Gasteiger partial charge in [0.15, 0.2) is 0 Å². The Kier molecular flexibility index (Phi) is 4.95. The first-order valence-corrected chi connectivity index (χ1v) is 7.48. The van der Waals surface area contributed by atoms with Gasteiger partial charge >= 0.3 is 0 Å². The minimum absolute atomic E-state index is 0.314. The molecule has 106 valence electrons. The first kappa shape index (κ1) is 15.6. The number of hydrogen-bond donors (Lipinski definition) is 0. The number of aryl methyl sites for hydroxylation is 1. The van der Waals surface area contributed by atoms with E-state index in [1.807, 2.05) is 0 Å². The Morgan fingerprint density at radius 3 is 2.60 bits per heavy atom. The van der Waals surface area contributed by atoms with E-state index in [9.17, 15) is 4.39 Å². The smallest absolute Gasteiger partial charge is 0.138 e. The second kappa shape index (κ2) is 6.33. The fourth-order valence-corrected chi connectivity index (χ4v) is 3.34. The molecule has 0 radical (unpaired) electrons. The summed E-state index contributed by atoms with van der Waals surface area (Å²) in [6.45, 7) is 1.70. The normalized spacial score (nSPS) is 12.3. The van der Waals surface area contributed by atoms with Crippen molar-refractivity contribution in [3.8, 4) is 5.75 Å². The lowest BCUT2D eigenvalue weighted by Gasteiger charge is -2.17. The average molecular weight is 378 g/mol. The van der Waals surface area contributed by atoms with Crippen LogP contribution in [0, 0.1) is 12.7 Å². The molecule has 0 saturated carbocycles. The second-order valence-corrected chi connectivity index (χ2v) is 6.08. The summed E-state index contributed by atoms with van der Waals surface area (Å²) in [7, 11) is 1.54. The molecule has 20 heavy (non-hydrogen) atoms. The van der Waals surface area contributed by atoms with E-state index >= 15 is 0 Å². The van der Waals surface area contributed by atoms with Gasteiger partial charge in [-0.05, 0) is 40.5 Å². The zero-order valence-corrected chi connectivity index (χ0v) is 14.0. The van der Waals surface area contributed by atoms with E-state index in [2.05, 4.69) is 15.9 Å². The maximum Gasteiger partial charge on any atom is 0.138 e. The van der Waals surface area contributed by atoms with E-state index in [1.54, 1.807) is 37.3 Å². The predicted molar refractivity (Wildman–Crippen MR) is 84.5 cm³/mol. The highest BCUT2D eigenvalue weighted by Crippen LogP contribution is 2.42. The summed E-state index contributed by atoms with van der Waals surface area (Å²) in [5, 5.41) is -0.175. The molecule has 0 aliphatic heterocycles. The van der Waals surface area contributed by atoms with E-state index in [4.69, 9.17) is 27.9 Å². The summed E-state index contributed by atoms with van der Waals surface area (Å²) in [5.74, 6) is 0.237. The Morgan fingerprint density at radius 1 is 1.25 bits per heavy atom. The molecule has 1 unspecified atom stereocenters. The molecular formula is C15H12BrCl2FO. The van der Waals surface area contributed by atoms with E-state index < -0.39 is 5.38 Å². The molecule has 2 aromatic carbocycles. The SMILES string of the molecule is COc1c(Br)cc(Cl)cc1C(Cl)c1cccc(C)c1F. The highest BCUT2D eigenvalue weighted by molar-refractivity contribution is 9.10. The van der Waals surface area contributed by atoms with Crippen LogP contribution in [0.2, 0.25) is 5.02 Å². The lowest BCUT2D eigenvalue weighted by Crippen LogP contribution is -2.02. The molecule has 0 aromatic heterocycles. The van der Waals surface area contributed by atoms with Crippen LogP contribution in [-0.4, -0.2) is 7.11 Å². The molecule has 2 aromatic rings. The molecule has 5 heteroatoms. The van der Waals surface area contributed by atoms with Crippen molar-refractivity contribution in [3.05, 3.63) is 62.3 Å². The van der Waals surface area contributed by atoms with Crippen LogP contribution < -0.4 is 4.74 Å². The third-order valence-corrected chi connectivity index (χ3v) is 4.29. The number of hydrogen-bond acceptors (Lipinski definition) is 1. The van der Waals surface area contributed by atoms with Crippen molar-refractivity contribution >= 4 is 39.1 Å². The largest absolute Gasteiger partial charge is 0.495 e. The Hall–Kier alpha value is -0.770. The van der Waals surface area contributed by atoms with Gasteiger partial charge in [-0.25, -0.2) is 4.39 Å². The molecule has 0 fully saturated rings. The Bertz CT molecular complexity index is 646. The van der Waals surface area contributed by atoms with Crippen molar-refractivity contribution in [2.24, 2.45) is 0 Å². The summed E-state index contributed by atoms with van der Waals surface area (Å²) in [5.41, 5.74) is 1.57. The third-order valence-electron chi connectivity index (χ3n) is 3.01. The van der Waals surface area contributed by atoms with Gasteiger partial charge in [0.05, 0.1) is 17.0 Å². The van der Waals surface area contributed by atoms with Gasteiger partial charge in [0, 0.05) is 16.1 Å². The molecule has 0 aliphatic carbocycles. The molecular weight excluding hydrogens is 366 g/mol. The first-order chi connectivity index (χ1) is 9.45. The molecule has 2 rings (SSSR count). The van der Waals surface area contributed by atoms with Gasteiger partial charge in [0.25, 0.3) is 0 Å². The predicted octanol–water partition coefficient (Wildman–Crippen LogP) is 5.89. The summed E-state index contributed by atoms with van der Waals surface area (Å²) in [6.07, 6.45) is 0. The van der Waals surface area contributed by atoms with Crippen LogP contribution in [0.3, 0.4) is 0 Å². The van der Waals surface area contributed by atoms with Gasteiger partial charge in [0.2, 0.25) is 0 Å². The highest BCUT2D eigenvalue weighted by atomic mass is 79.9. The average Bonchev–Trinajstić information content (AvgIpc) is 2.40. The van der Waals surface area contributed by atoms with E-state index in [-0.39, 0.29) is 5.82 Å². The highest BCUT2D eigenvalue weighted by Gasteiger charge is 2.22. The Labute approximate surface area is 135 Å². The molecule has 0 N–H and O–H groups in total. The molecule has 0 saturated heterocycles. The van der Waals surface area contributed by atoms with Gasteiger partial charge in [-0.3, -0.25) is 0 Å². The van der Waals surface area contributed by atoms with E-state index in [0.717, 1.165) is 0 Å². The van der Waals surface area contributed by atoms with E-state index in [0.29, 0.717) is 31.9 Å². The van der Waals surface area contributed by atoms with Gasteiger partial charge in [-0.2, -0.15) is 0 Å². The van der Waals surface area contributed by atoms with Crippen LogP contribution in [0.4, 0.5) is 4.39 Å². The van der Waals surface area contributed by atoms with Crippen molar-refractivity contribution in [1.82, 2.24) is 0 Å². The lowest BCUT2D eigenvalue weighted by atomic mass is 10.0. The maximum atomic E-state index is 14.2. The van der Waals surface area contributed by atoms with Crippen LogP contribution in [0.25, 0.3) is 0 Å². The summed E-state index contributed by atoms with van der Waals surface area (Å²) < 4.78 is 20.2.